The number of hydrogen-bond acceptors (Lipinski definition) is 5. The summed E-state index contributed by atoms with van der Waals surface area (Å²) in [5, 5.41) is 4.83. The third kappa shape index (κ3) is 4.72. The number of amides is 1. The van der Waals surface area contributed by atoms with Gasteiger partial charge in [0, 0.05) is 40.5 Å². The van der Waals surface area contributed by atoms with Crippen molar-refractivity contribution in [3.05, 3.63) is 98.9 Å². The number of aryl methyl sites for hydroxylation is 1. The number of hydrogen-bond donors (Lipinski definition) is 1. The summed E-state index contributed by atoms with van der Waals surface area (Å²) < 4.78 is 28.1. The summed E-state index contributed by atoms with van der Waals surface area (Å²) in [7, 11) is 0. The normalized spacial score (nSPS) is 10.8. The smallest absolute Gasteiger partial charge is 0.257 e. The molecular formula is C22H16F2N4O2S. The SMILES string of the molecule is Cc1cccc(-c2csc(NC(=O)c3ccn(Cc4ccc(F)cc4F)c(=O)c3)n2)n1. The highest BCUT2D eigenvalue weighted by Gasteiger charge is 2.13. The van der Waals surface area contributed by atoms with Crippen LogP contribution in [0, 0.1) is 18.6 Å². The summed E-state index contributed by atoms with van der Waals surface area (Å²) in [4.78, 5) is 33.7. The van der Waals surface area contributed by atoms with E-state index in [-0.39, 0.29) is 17.7 Å². The Labute approximate surface area is 179 Å². The topological polar surface area (TPSA) is 76.9 Å². The summed E-state index contributed by atoms with van der Waals surface area (Å²) in [6.45, 7) is 1.80. The number of anilines is 1. The number of aromatic nitrogens is 3. The zero-order valence-corrected chi connectivity index (χ0v) is 17.1. The van der Waals surface area contributed by atoms with Gasteiger partial charge in [0.1, 0.15) is 17.3 Å². The molecule has 0 fully saturated rings. The first-order valence-corrected chi connectivity index (χ1v) is 10.1. The highest BCUT2D eigenvalue weighted by molar-refractivity contribution is 7.14. The molecule has 0 saturated carbocycles. The van der Waals surface area contributed by atoms with Crippen molar-refractivity contribution in [2.45, 2.75) is 13.5 Å². The number of benzene rings is 1. The lowest BCUT2D eigenvalue weighted by molar-refractivity contribution is 0.102. The second-order valence-electron chi connectivity index (χ2n) is 6.77. The van der Waals surface area contributed by atoms with Gasteiger partial charge in [-0.2, -0.15) is 0 Å². The molecule has 0 aliphatic heterocycles. The van der Waals surface area contributed by atoms with Crippen LogP contribution in [0.1, 0.15) is 21.6 Å². The largest absolute Gasteiger partial charge is 0.311 e. The Bertz CT molecular complexity index is 1330. The molecule has 1 amide bonds. The van der Waals surface area contributed by atoms with E-state index in [9.17, 15) is 18.4 Å². The molecule has 0 aliphatic rings. The first-order valence-electron chi connectivity index (χ1n) is 9.24. The number of thiazole rings is 1. The predicted molar refractivity (Wildman–Crippen MR) is 114 cm³/mol. The van der Waals surface area contributed by atoms with Crippen LogP contribution in [0.4, 0.5) is 13.9 Å². The van der Waals surface area contributed by atoms with Gasteiger partial charge in [-0.15, -0.1) is 11.3 Å². The molecule has 0 bridgehead atoms. The quantitative estimate of drug-likeness (QED) is 0.505. The average molecular weight is 438 g/mol. The van der Waals surface area contributed by atoms with Crippen LogP contribution in [0.15, 0.2) is 64.9 Å². The van der Waals surface area contributed by atoms with Crippen LogP contribution in [0.3, 0.4) is 0 Å². The van der Waals surface area contributed by atoms with Gasteiger partial charge in [0.15, 0.2) is 5.13 Å². The van der Waals surface area contributed by atoms with Gasteiger partial charge in [0.2, 0.25) is 0 Å². The van der Waals surface area contributed by atoms with Gasteiger partial charge in [-0.05, 0) is 31.2 Å². The summed E-state index contributed by atoms with van der Waals surface area (Å²) in [6, 6.07) is 11.4. The third-order valence-corrected chi connectivity index (χ3v) is 5.25. The van der Waals surface area contributed by atoms with Crippen molar-refractivity contribution >= 4 is 22.4 Å². The minimum absolute atomic E-state index is 0.0772. The molecule has 9 heteroatoms. The number of carbonyl (C=O) groups is 1. The predicted octanol–water partition coefficient (Wildman–Crippen LogP) is 4.25. The van der Waals surface area contributed by atoms with E-state index in [2.05, 4.69) is 15.3 Å². The van der Waals surface area contributed by atoms with E-state index in [1.165, 1.54) is 34.2 Å². The lowest BCUT2D eigenvalue weighted by atomic mass is 10.2. The second-order valence-corrected chi connectivity index (χ2v) is 7.63. The summed E-state index contributed by atoms with van der Waals surface area (Å²) in [6.07, 6.45) is 1.39. The molecule has 0 unspecified atom stereocenters. The number of rotatable bonds is 5. The molecule has 1 aromatic carbocycles. The molecular weight excluding hydrogens is 422 g/mol. The fraction of sp³-hybridized carbons (Fsp3) is 0.0909. The van der Waals surface area contributed by atoms with Gasteiger partial charge in [0.05, 0.1) is 12.2 Å². The number of halogens is 2. The van der Waals surface area contributed by atoms with Gasteiger partial charge in [-0.25, -0.2) is 13.8 Å². The van der Waals surface area contributed by atoms with Crippen LogP contribution in [0.25, 0.3) is 11.4 Å². The van der Waals surface area contributed by atoms with E-state index in [1.54, 1.807) is 5.38 Å². The zero-order valence-electron chi connectivity index (χ0n) is 16.3. The van der Waals surface area contributed by atoms with Crippen molar-refractivity contribution in [2.75, 3.05) is 5.32 Å². The Balaban J connectivity index is 1.48. The van der Waals surface area contributed by atoms with Crippen molar-refractivity contribution in [1.82, 2.24) is 14.5 Å². The molecule has 0 radical (unpaired) electrons. The van der Waals surface area contributed by atoms with E-state index in [4.69, 9.17) is 0 Å². The zero-order chi connectivity index (χ0) is 22.0. The first-order chi connectivity index (χ1) is 14.9. The van der Waals surface area contributed by atoms with Gasteiger partial charge < -0.3 is 4.57 Å². The Morgan fingerprint density at radius 2 is 1.94 bits per heavy atom. The minimum Gasteiger partial charge on any atom is -0.311 e. The van der Waals surface area contributed by atoms with Crippen LogP contribution in [-0.4, -0.2) is 20.4 Å². The maximum atomic E-state index is 13.8. The van der Waals surface area contributed by atoms with Crippen LogP contribution in [-0.2, 0) is 6.54 Å². The molecule has 156 valence electrons. The summed E-state index contributed by atoms with van der Waals surface area (Å²) >= 11 is 1.25. The second kappa shape index (κ2) is 8.57. The monoisotopic (exact) mass is 438 g/mol. The molecule has 3 aromatic heterocycles. The molecule has 0 saturated heterocycles. The Morgan fingerprint density at radius 3 is 2.68 bits per heavy atom. The molecule has 0 spiro atoms. The Hall–Kier alpha value is -3.72. The fourth-order valence-electron chi connectivity index (χ4n) is 2.92. The average Bonchev–Trinajstić information content (AvgIpc) is 3.20. The Morgan fingerprint density at radius 1 is 1.10 bits per heavy atom. The molecule has 1 N–H and O–H groups in total. The summed E-state index contributed by atoms with van der Waals surface area (Å²) in [5.41, 5.74) is 2.03. The molecule has 4 aromatic rings. The van der Waals surface area contributed by atoms with E-state index in [0.717, 1.165) is 23.9 Å². The third-order valence-electron chi connectivity index (χ3n) is 4.49. The van der Waals surface area contributed by atoms with Crippen LogP contribution in [0.5, 0.6) is 0 Å². The van der Waals surface area contributed by atoms with E-state index < -0.39 is 23.1 Å². The lowest BCUT2D eigenvalue weighted by Crippen LogP contribution is -2.23. The van der Waals surface area contributed by atoms with Crippen LogP contribution in [0.2, 0.25) is 0 Å². The maximum absolute atomic E-state index is 13.8. The summed E-state index contributed by atoms with van der Waals surface area (Å²) in [5.74, 6) is -1.92. The number of carbonyl (C=O) groups excluding carboxylic acids is 1. The van der Waals surface area contributed by atoms with Crippen LogP contribution < -0.4 is 10.9 Å². The van der Waals surface area contributed by atoms with Crippen molar-refractivity contribution in [3.8, 4) is 11.4 Å². The molecule has 0 aliphatic carbocycles. The van der Waals surface area contributed by atoms with Gasteiger partial charge in [-0.3, -0.25) is 19.9 Å². The first kappa shape index (κ1) is 20.5. The van der Waals surface area contributed by atoms with Crippen molar-refractivity contribution in [2.24, 2.45) is 0 Å². The number of nitrogens with one attached hydrogen (secondary N) is 1. The molecule has 3 heterocycles. The van der Waals surface area contributed by atoms with E-state index in [1.807, 2.05) is 25.1 Å². The molecule has 0 atom stereocenters. The fourth-order valence-corrected chi connectivity index (χ4v) is 3.62. The molecule has 31 heavy (non-hydrogen) atoms. The highest BCUT2D eigenvalue weighted by atomic mass is 32.1. The van der Waals surface area contributed by atoms with Crippen molar-refractivity contribution in [3.63, 3.8) is 0 Å². The van der Waals surface area contributed by atoms with Crippen molar-refractivity contribution < 1.29 is 13.6 Å². The van der Waals surface area contributed by atoms with E-state index >= 15 is 0 Å². The molecule has 4 rings (SSSR count). The van der Waals surface area contributed by atoms with E-state index in [0.29, 0.717) is 16.5 Å². The lowest BCUT2D eigenvalue weighted by Gasteiger charge is -2.08. The highest BCUT2D eigenvalue weighted by Crippen LogP contribution is 2.24. The standard InChI is InChI=1S/C22H16F2N4O2S/c1-13-3-2-4-18(25-13)19-12-31-22(26-19)27-21(30)14-7-8-28(20(29)9-14)11-15-5-6-16(23)10-17(15)24/h2-10,12H,11H2,1H3,(H,26,27,30). The van der Waals surface area contributed by atoms with Gasteiger partial charge in [-0.1, -0.05) is 12.1 Å². The maximum Gasteiger partial charge on any atom is 0.257 e. The van der Waals surface area contributed by atoms with Crippen LogP contribution >= 0.6 is 11.3 Å². The molecule has 6 nitrogen and oxygen atoms in total. The number of pyridine rings is 2. The Kier molecular flexibility index (Phi) is 5.68. The van der Waals surface area contributed by atoms with Crippen molar-refractivity contribution in [1.29, 1.82) is 0 Å². The number of nitrogens with zero attached hydrogens (tertiary/aromatic N) is 3. The minimum atomic E-state index is -0.739. The van der Waals surface area contributed by atoms with Gasteiger partial charge >= 0.3 is 0 Å². The van der Waals surface area contributed by atoms with Gasteiger partial charge in [0.25, 0.3) is 11.5 Å².